The van der Waals surface area contributed by atoms with Crippen molar-refractivity contribution < 1.29 is 24.2 Å². The van der Waals surface area contributed by atoms with E-state index in [1.165, 1.54) is 0 Å². The zero-order valence-electron chi connectivity index (χ0n) is 12.9. The second-order valence-corrected chi connectivity index (χ2v) is 6.40. The van der Waals surface area contributed by atoms with Gasteiger partial charge in [0.15, 0.2) is 5.75 Å². The van der Waals surface area contributed by atoms with Crippen LogP contribution in [0.15, 0.2) is 18.2 Å². The second-order valence-electron chi connectivity index (χ2n) is 5.96. The lowest BCUT2D eigenvalue weighted by atomic mass is 9.98. The number of esters is 1. The van der Waals surface area contributed by atoms with Crippen LogP contribution < -0.4 is 9.64 Å². The number of aliphatic carboxylic acids is 1. The number of likely N-dealkylation sites (tertiary alicyclic amines) is 1. The highest BCUT2D eigenvalue weighted by molar-refractivity contribution is 6.31. The minimum atomic E-state index is -0.883. The van der Waals surface area contributed by atoms with Crippen molar-refractivity contribution in [1.29, 1.82) is 0 Å². The van der Waals surface area contributed by atoms with E-state index in [1.807, 2.05) is 0 Å². The minimum absolute atomic E-state index is 0.0191. The Labute approximate surface area is 143 Å². The Hall–Kier alpha value is -2.28. The lowest BCUT2D eigenvalue weighted by Crippen LogP contribution is -2.48. The fourth-order valence-corrected chi connectivity index (χ4v) is 3.20. The van der Waals surface area contributed by atoms with Crippen LogP contribution in [0.2, 0.25) is 5.02 Å². The van der Waals surface area contributed by atoms with Crippen molar-refractivity contribution in [3.63, 3.8) is 0 Å². The average Bonchev–Trinajstić information content (AvgIpc) is 2.55. The van der Waals surface area contributed by atoms with Gasteiger partial charge in [-0.1, -0.05) is 11.6 Å². The van der Waals surface area contributed by atoms with Gasteiger partial charge in [0.2, 0.25) is 5.91 Å². The van der Waals surface area contributed by atoms with E-state index in [0.717, 1.165) is 0 Å². The predicted octanol–water partition coefficient (Wildman–Crippen LogP) is 1.39. The van der Waals surface area contributed by atoms with Crippen LogP contribution in [0.25, 0.3) is 0 Å². The molecule has 1 atom stereocenters. The minimum Gasteiger partial charge on any atom is -0.481 e. The van der Waals surface area contributed by atoms with Crippen LogP contribution in [0.1, 0.15) is 12.8 Å². The van der Waals surface area contributed by atoms with Gasteiger partial charge in [-0.3, -0.25) is 9.59 Å². The Kier molecular flexibility index (Phi) is 4.62. The van der Waals surface area contributed by atoms with Crippen LogP contribution in [0.4, 0.5) is 5.69 Å². The highest BCUT2D eigenvalue weighted by atomic mass is 35.5. The van der Waals surface area contributed by atoms with Crippen LogP contribution in [-0.2, 0) is 14.4 Å². The van der Waals surface area contributed by atoms with E-state index in [4.69, 9.17) is 21.4 Å². The summed E-state index contributed by atoms with van der Waals surface area (Å²) in [5.41, 5.74) is 0.585. The quantitative estimate of drug-likeness (QED) is 0.653. The van der Waals surface area contributed by atoms with Gasteiger partial charge < -0.3 is 19.6 Å². The second kappa shape index (κ2) is 6.68. The third kappa shape index (κ3) is 3.46. The van der Waals surface area contributed by atoms with Gasteiger partial charge in [-0.2, -0.15) is 0 Å². The number of piperidine rings is 1. The first-order valence-electron chi connectivity index (χ1n) is 7.70. The summed E-state index contributed by atoms with van der Waals surface area (Å²) in [5.74, 6) is -1.70. The number of carbonyl (C=O) groups is 3. The molecule has 24 heavy (non-hydrogen) atoms. The van der Waals surface area contributed by atoms with Gasteiger partial charge in [-0.05, 0) is 31.0 Å². The SMILES string of the molecule is O=C1CN(CC(=O)N2CCCC(C(=O)O)C2)c2cc(Cl)ccc2O1. The molecule has 128 valence electrons. The molecule has 0 radical (unpaired) electrons. The molecule has 1 fully saturated rings. The number of halogens is 1. The fourth-order valence-electron chi connectivity index (χ4n) is 3.03. The first-order valence-corrected chi connectivity index (χ1v) is 8.07. The van der Waals surface area contributed by atoms with E-state index in [-0.39, 0.29) is 25.5 Å². The molecule has 1 saturated heterocycles. The van der Waals surface area contributed by atoms with Gasteiger partial charge in [0.05, 0.1) is 18.2 Å². The van der Waals surface area contributed by atoms with Gasteiger partial charge in [-0.15, -0.1) is 0 Å². The van der Waals surface area contributed by atoms with Crippen LogP contribution in [0, 0.1) is 5.92 Å². The maximum Gasteiger partial charge on any atom is 0.331 e. The number of rotatable bonds is 3. The Bertz CT molecular complexity index is 693. The number of hydrogen-bond donors (Lipinski definition) is 1. The molecule has 2 aliphatic heterocycles. The van der Waals surface area contributed by atoms with Gasteiger partial charge in [0.1, 0.15) is 6.54 Å². The Morgan fingerprint density at radius 2 is 2.17 bits per heavy atom. The van der Waals surface area contributed by atoms with Crippen LogP contribution >= 0.6 is 11.6 Å². The molecule has 1 aromatic rings. The summed E-state index contributed by atoms with van der Waals surface area (Å²) in [5, 5.41) is 9.61. The summed E-state index contributed by atoms with van der Waals surface area (Å²) in [7, 11) is 0. The van der Waals surface area contributed by atoms with Crippen LogP contribution in [0.3, 0.4) is 0 Å². The number of hydrogen-bond acceptors (Lipinski definition) is 5. The van der Waals surface area contributed by atoms with E-state index >= 15 is 0 Å². The molecular weight excluding hydrogens is 336 g/mol. The van der Waals surface area contributed by atoms with Gasteiger partial charge in [-0.25, -0.2) is 4.79 Å². The van der Waals surface area contributed by atoms with Crippen molar-refractivity contribution in [3.05, 3.63) is 23.2 Å². The molecule has 3 rings (SSSR count). The molecule has 2 aliphatic rings. The van der Waals surface area contributed by atoms with Gasteiger partial charge in [0, 0.05) is 18.1 Å². The molecule has 8 heteroatoms. The predicted molar refractivity (Wildman–Crippen MR) is 86.2 cm³/mol. The maximum atomic E-state index is 12.5. The molecular formula is C16H17ClN2O5. The molecule has 0 spiro atoms. The maximum absolute atomic E-state index is 12.5. The van der Waals surface area contributed by atoms with E-state index < -0.39 is 17.9 Å². The molecule has 7 nitrogen and oxygen atoms in total. The summed E-state index contributed by atoms with van der Waals surface area (Å²) in [6.45, 7) is 0.669. The van der Waals surface area contributed by atoms with Crippen molar-refractivity contribution in [1.82, 2.24) is 4.90 Å². The first kappa shape index (κ1) is 16.6. The van der Waals surface area contributed by atoms with Gasteiger partial charge >= 0.3 is 11.9 Å². The highest BCUT2D eigenvalue weighted by Crippen LogP contribution is 2.34. The third-order valence-corrected chi connectivity index (χ3v) is 4.49. The topological polar surface area (TPSA) is 87.2 Å². The number of fused-ring (bicyclic) bond motifs is 1. The van der Waals surface area contributed by atoms with E-state index in [2.05, 4.69) is 0 Å². The van der Waals surface area contributed by atoms with Crippen molar-refractivity contribution in [2.45, 2.75) is 12.8 Å². The lowest BCUT2D eigenvalue weighted by Gasteiger charge is -2.34. The Morgan fingerprint density at radius 3 is 2.92 bits per heavy atom. The fraction of sp³-hybridized carbons (Fsp3) is 0.438. The number of anilines is 1. The van der Waals surface area contributed by atoms with Gasteiger partial charge in [0.25, 0.3) is 0 Å². The number of carboxylic acids is 1. The van der Waals surface area contributed by atoms with Crippen LogP contribution in [-0.4, -0.2) is 54.0 Å². The molecule has 0 bridgehead atoms. The number of benzene rings is 1. The van der Waals surface area contributed by atoms with E-state index in [1.54, 1.807) is 28.0 Å². The standard InChI is InChI=1S/C16H17ClN2O5/c17-11-3-4-13-12(6-11)19(9-15(21)24-13)8-14(20)18-5-1-2-10(7-18)16(22)23/h3-4,6,10H,1-2,5,7-9H2,(H,22,23). The number of carboxylic acid groups (broad SMARTS) is 1. The van der Waals surface area contributed by atoms with Crippen LogP contribution in [0.5, 0.6) is 5.75 Å². The zero-order valence-corrected chi connectivity index (χ0v) is 13.7. The van der Waals surface area contributed by atoms with Crippen molar-refractivity contribution in [3.8, 4) is 5.75 Å². The summed E-state index contributed by atoms with van der Waals surface area (Å²) in [4.78, 5) is 38.6. The average molecular weight is 353 g/mol. The van der Waals surface area contributed by atoms with E-state index in [0.29, 0.717) is 35.8 Å². The molecule has 1 N–H and O–H groups in total. The van der Waals surface area contributed by atoms with Crippen molar-refractivity contribution >= 4 is 35.1 Å². The molecule has 2 heterocycles. The lowest BCUT2D eigenvalue weighted by molar-refractivity contribution is -0.145. The highest BCUT2D eigenvalue weighted by Gasteiger charge is 2.31. The largest absolute Gasteiger partial charge is 0.481 e. The Balaban J connectivity index is 1.74. The number of ether oxygens (including phenoxy) is 1. The monoisotopic (exact) mass is 352 g/mol. The number of amides is 1. The molecule has 1 aromatic carbocycles. The molecule has 0 aromatic heterocycles. The normalized spacial score (nSPS) is 20.4. The van der Waals surface area contributed by atoms with Crippen molar-refractivity contribution in [2.75, 3.05) is 31.1 Å². The summed E-state index contributed by atoms with van der Waals surface area (Å²) < 4.78 is 5.15. The molecule has 0 aliphatic carbocycles. The zero-order chi connectivity index (χ0) is 17.3. The first-order chi connectivity index (χ1) is 11.4. The smallest absolute Gasteiger partial charge is 0.331 e. The summed E-state index contributed by atoms with van der Waals surface area (Å²) >= 11 is 5.99. The third-order valence-electron chi connectivity index (χ3n) is 4.25. The number of carbonyl (C=O) groups excluding carboxylic acids is 2. The summed E-state index contributed by atoms with van der Waals surface area (Å²) in [6.07, 6.45) is 1.24. The number of nitrogens with zero attached hydrogens (tertiary/aromatic N) is 2. The molecule has 1 amide bonds. The molecule has 0 saturated carbocycles. The molecule has 1 unspecified atom stereocenters. The Morgan fingerprint density at radius 1 is 1.38 bits per heavy atom. The van der Waals surface area contributed by atoms with Crippen molar-refractivity contribution in [2.24, 2.45) is 5.92 Å². The summed E-state index contributed by atoms with van der Waals surface area (Å²) in [6, 6.07) is 4.85. The van der Waals surface area contributed by atoms with E-state index in [9.17, 15) is 14.4 Å².